The highest BCUT2D eigenvalue weighted by molar-refractivity contribution is 6.00. The van der Waals surface area contributed by atoms with Gasteiger partial charge in [-0.3, -0.25) is 4.79 Å². The van der Waals surface area contributed by atoms with E-state index in [1.807, 2.05) is 43.0 Å². The molecule has 0 fully saturated rings. The van der Waals surface area contributed by atoms with Crippen molar-refractivity contribution in [3.8, 4) is 11.1 Å². The van der Waals surface area contributed by atoms with Crippen LogP contribution in [-0.2, 0) is 0 Å². The van der Waals surface area contributed by atoms with Crippen LogP contribution in [0.15, 0.2) is 48.5 Å². The second kappa shape index (κ2) is 6.38. The average molecular weight is 267 g/mol. The number of carbonyl (C=O) groups excluding carboxylic acids is 1. The van der Waals surface area contributed by atoms with Crippen LogP contribution in [0.4, 0.5) is 0 Å². The van der Waals surface area contributed by atoms with E-state index in [0.717, 1.165) is 29.8 Å². The third kappa shape index (κ3) is 2.90. The van der Waals surface area contributed by atoms with E-state index in [9.17, 15) is 4.79 Å². The Balaban J connectivity index is 2.45. The molecule has 0 aliphatic carbocycles. The summed E-state index contributed by atoms with van der Waals surface area (Å²) < 4.78 is 0. The van der Waals surface area contributed by atoms with E-state index in [-0.39, 0.29) is 5.91 Å². The topological polar surface area (TPSA) is 20.3 Å². The molecule has 1 amide bonds. The van der Waals surface area contributed by atoms with Gasteiger partial charge >= 0.3 is 0 Å². The van der Waals surface area contributed by atoms with Gasteiger partial charge in [0.1, 0.15) is 0 Å². The van der Waals surface area contributed by atoms with E-state index in [1.54, 1.807) is 0 Å². The fourth-order valence-electron chi connectivity index (χ4n) is 2.34. The molecule has 0 aliphatic heterocycles. The summed E-state index contributed by atoms with van der Waals surface area (Å²) >= 11 is 0. The van der Waals surface area contributed by atoms with Crippen molar-refractivity contribution < 1.29 is 4.79 Å². The van der Waals surface area contributed by atoms with Gasteiger partial charge in [0.25, 0.3) is 5.91 Å². The molecule has 0 atom stereocenters. The molecule has 2 aromatic rings. The van der Waals surface area contributed by atoms with Crippen molar-refractivity contribution in [3.05, 3.63) is 59.7 Å². The summed E-state index contributed by atoms with van der Waals surface area (Å²) in [4.78, 5) is 14.4. The predicted molar refractivity (Wildman–Crippen MR) is 83.9 cm³/mol. The first-order valence-corrected chi connectivity index (χ1v) is 7.12. The third-order valence-corrected chi connectivity index (χ3v) is 3.57. The van der Waals surface area contributed by atoms with Crippen molar-refractivity contribution in [2.24, 2.45) is 0 Å². The number of amides is 1. The van der Waals surface area contributed by atoms with Crippen LogP contribution in [0.1, 0.15) is 29.8 Å². The van der Waals surface area contributed by atoms with Crippen LogP contribution in [0.3, 0.4) is 0 Å². The SMILES string of the molecule is CCN(CC)C(=O)c1ccccc1-c1ccc(C)cc1. The van der Waals surface area contributed by atoms with Crippen molar-refractivity contribution in [2.45, 2.75) is 20.8 Å². The zero-order valence-corrected chi connectivity index (χ0v) is 12.4. The summed E-state index contributed by atoms with van der Waals surface area (Å²) in [6, 6.07) is 16.1. The Hall–Kier alpha value is -2.09. The van der Waals surface area contributed by atoms with Crippen LogP contribution in [0.25, 0.3) is 11.1 Å². The number of nitrogens with zero attached hydrogens (tertiary/aromatic N) is 1. The molecule has 2 rings (SSSR count). The van der Waals surface area contributed by atoms with Crippen LogP contribution in [0.5, 0.6) is 0 Å². The van der Waals surface area contributed by atoms with Crippen molar-refractivity contribution in [1.82, 2.24) is 4.90 Å². The maximum absolute atomic E-state index is 12.6. The van der Waals surface area contributed by atoms with Gasteiger partial charge in [0.15, 0.2) is 0 Å². The van der Waals surface area contributed by atoms with Gasteiger partial charge in [0.2, 0.25) is 0 Å². The summed E-state index contributed by atoms with van der Waals surface area (Å²) in [7, 11) is 0. The van der Waals surface area contributed by atoms with E-state index in [1.165, 1.54) is 5.56 Å². The molecule has 0 N–H and O–H groups in total. The summed E-state index contributed by atoms with van der Waals surface area (Å²) in [5, 5.41) is 0. The fourth-order valence-corrected chi connectivity index (χ4v) is 2.34. The normalized spacial score (nSPS) is 10.3. The third-order valence-electron chi connectivity index (χ3n) is 3.57. The molecular weight excluding hydrogens is 246 g/mol. The van der Waals surface area contributed by atoms with E-state index in [2.05, 4.69) is 31.2 Å². The van der Waals surface area contributed by atoms with Gasteiger partial charge in [-0.1, -0.05) is 48.0 Å². The lowest BCUT2D eigenvalue weighted by Gasteiger charge is -2.20. The highest BCUT2D eigenvalue weighted by Gasteiger charge is 2.16. The van der Waals surface area contributed by atoms with Gasteiger partial charge in [-0.2, -0.15) is 0 Å². The number of aryl methyl sites for hydroxylation is 1. The van der Waals surface area contributed by atoms with Gasteiger partial charge in [0.05, 0.1) is 0 Å². The van der Waals surface area contributed by atoms with Crippen LogP contribution in [0, 0.1) is 6.92 Å². The van der Waals surface area contributed by atoms with Gasteiger partial charge < -0.3 is 4.90 Å². The molecule has 0 saturated carbocycles. The second-order valence-corrected chi connectivity index (χ2v) is 4.89. The number of hydrogen-bond acceptors (Lipinski definition) is 1. The van der Waals surface area contributed by atoms with Crippen LogP contribution < -0.4 is 0 Å². The molecule has 2 heteroatoms. The summed E-state index contributed by atoms with van der Waals surface area (Å²) in [5.41, 5.74) is 4.09. The maximum atomic E-state index is 12.6. The summed E-state index contributed by atoms with van der Waals surface area (Å²) in [6.07, 6.45) is 0. The molecule has 0 unspecified atom stereocenters. The molecule has 0 aliphatic rings. The van der Waals surface area contributed by atoms with Crippen LogP contribution >= 0.6 is 0 Å². The first-order valence-electron chi connectivity index (χ1n) is 7.12. The Bertz CT molecular complexity index is 583. The first kappa shape index (κ1) is 14.3. The van der Waals surface area contributed by atoms with Crippen molar-refractivity contribution in [1.29, 1.82) is 0 Å². The number of carbonyl (C=O) groups is 1. The molecule has 104 valence electrons. The molecule has 0 saturated heterocycles. The molecule has 0 heterocycles. The van der Waals surface area contributed by atoms with Gasteiger partial charge in [-0.15, -0.1) is 0 Å². The molecule has 20 heavy (non-hydrogen) atoms. The molecule has 0 aromatic heterocycles. The van der Waals surface area contributed by atoms with Crippen LogP contribution in [-0.4, -0.2) is 23.9 Å². The molecule has 0 spiro atoms. The Labute approximate surface area is 121 Å². The second-order valence-electron chi connectivity index (χ2n) is 4.89. The smallest absolute Gasteiger partial charge is 0.254 e. The van der Waals surface area contributed by atoms with Crippen LogP contribution in [0.2, 0.25) is 0 Å². The minimum Gasteiger partial charge on any atom is -0.339 e. The van der Waals surface area contributed by atoms with Crippen molar-refractivity contribution >= 4 is 5.91 Å². The Morgan fingerprint density at radius 1 is 0.950 bits per heavy atom. The van der Waals surface area contributed by atoms with E-state index < -0.39 is 0 Å². The molecule has 0 radical (unpaired) electrons. The average Bonchev–Trinajstić information content (AvgIpc) is 2.49. The Morgan fingerprint density at radius 2 is 1.55 bits per heavy atom. The van der Waals surface area contributed by atoms with E-state index in [4.69, 9.17) is 0 Å². The summed E-state index contributed by atoms with van der Waals surface area (Å²) in [6.45, 7) is 7.55. The highest BCUT2D eigenvalue weighted by Crippen LogP contribution is 2.25. The van der Waals surface area contributed by atoms with Gasteiger partial charge in [-0.25, -0.2) is 0 Å². The Kier molecular flexibility index (Phi) is 4.57. The van der Waals surface area contributed by atoms with Gasteiger partial charge in [-0.05, 0) is 38.0 Å². The predicted octanol–water partition coefficient (Wildman–Crippen LogP) is 4.14. The summed E-state index contributed by atoms with van der Waals surface area (Å²) in [5.74, 6) is 0.103. The molecular formula is C18H21NO. The minimum atomic E-state index is 0.103. The number of benzene rings is 2. The molecule has 0 bridgehead atoms. The Morgan fingerprint density at radius 3 is 2.15 bits per heavy atom. The molecule has 2 aromatic carbocycles. The van der Waals surface area contributed by atoms with E-state index in [0.29, 0.717) is 0 Å². The maximum Gasteiger partial charge on any atom is 0.254 e. The standard InChI is InChI=1S/C18H21NO/c1-4-19(5-2)18(20)17-9-7-6-8-16(17)15-12-10-14(3)11-13-15/h6-13H,4-5H2,1-3H3. The quantitative estimate of drug-likeness (QED) is 0.815. The lowest BCUT2D eigenvalue weighted by atomic mass is 9.98. The van der Waals surface area contributed by atoms with Crippen molar-refractivity contribution in [2.75, 3.05) is 13.1 Å². The number of hydrogen-bond donors (Lipinski definition) is 0. The fraction of sp³-hybridized carbons (Fsp3) is 0.278. The first-order chi connectivity index (χ1) is 9.67. The van der Waals surface area contributed by atoms with E-state index >= 15 is 0 Å². The lowest BCUT2D eigenvalue weighted by molar-refractivity contribution is 0.0774. The van der Waals surface area contributed by atoms with Gasteiger partial charge in [0, 0.05) is 18.7 Å². The number of rotatable bonds is 4. The largest absolute Gasteiger partial charge is 0.339 e. The zero-order chi connectivity index (χ0) is 14.5. The highest BCUT2D eigenvalue weighted by atomic mass is 16.2. The molecule has 2 nitrogen and oxygen atoms in total. The zero-order valence-electron chi connectivity index (χ0n) is 12.4. The lowest BCUT2D eigenvalue weighted by Crippen LogP contribution is -2.30. The monoisotopic (exact) mass is 267 g/mol. The van der Waals surface area contributed by atoms with Crippen molar-refractivity contribution in [3.63, 3.8) is 0 Å². The minimum absolute atomic E-state index is 0.103.